The molecular formula is C12H18Br2ClN3. The fourth-order valence-electron chi connectivity index (χ4n) is 2.02. The van der Waals surface area contributed by atoms with E-state index in [4.69, 9.17) is 5.73 Å². The first kappa shape index (κ1) is 16.2. The van der Waals surface area contributed by atoms with Crippen LogP contribution in [-0.4, -0.2) is 43.0 Å². The summed E-state index contributed by atoms with van der Waals surface area (Å²) in [6.07, 6.45) is 0. The van der Waals surface area contributed by atoms with Gasteiger partial charge in [0.05, 0.1) is 5.69 Å². The first-order chi connectivity index (χ1) is 8.06. The number of likely N-dealkylation sites (N-methyl/N-ethyl adjacent to an activating group) is 1. The number of rotatable bonds is 2. The van der Waals surface area contributed by atoms with E-state index >= 15 is 0 Å². The van der Waals surface area contributed by atoms with Gasteiger partial charge in [-0.15, -0.1) is 12.4 Å². The van der Waals surface area contributed by atoms with Gasteiger partial charge in [-0.1, -0.05) is 15.9 Å². The zero-order chi connectivity index (χ0) is 12.4. The van der Waals surface area contributed by atoms with Crippen LogP contribution in [0.5, 0.6) is 0 Å². The molecule has 1 saturated heterocycles. The van der Waals surface area contributed by atoms with Crippen molar-refractivity contribution in [3.8, 4) is 0 Å². The molecule has 6 heteroatoms. The van der Waals surface area contributed by atoms with Crippen LogP contribution in [0.15, 0.2) is 21.1 Å². The zero-order valence-electron chi connectivity index (χ0n) is 10.3. The van der Waals surface area contributed by atoms with Crippen molar-refractivity contribution in [1.29, 1.82) is 0 Å². The Bertz CT molecular complexity index is 407. The molecule has 0 radical (unpaired) electrons. The monoisotopic (exact) mass is 397 g/mol. The number of benzene rings is 1. The second kappa shape index (κ2) is 7.10. The highest BCUT2D eigenvalue weighted by Crippen LogP contribution is 2.29. The molecule has 0 bridgehead atoms. The molecule has 0 saturated carbocycles. The van der Waals surface area contributed by atoms with E-state index in [-0.39, 0.29) is 12.4 Å². The number of piperazine rings is 1. The Morgan fingerprint density at radius 3 is 2.39 bits per heavy atom. The first-order valence-corrected chi connectivity index (χ1v) is 7.29. The van der Waals surface area contributed by atoms with Gasteiger partial charge in [0.2, 0.25) is 0 Å². The lowest BCUT2D eigenvalue weighted by Gasteiger charge is -2.32. The summed E-state index contributed by atoms with van der Waals surface area (Å²) in [7, 11) is 2.17. The number of hydrogen-bond donors (Lipinski definition) is 1. The molecule has 1 aromatic rings. The van der Waals surface area contributed by atoms with Crippen LogP contribution in [0.25, 0.3) is 0 Å². The van der Waals surface area contributed by atoms with Gasteiger partial charge in [0.15, 0.2) is 0 Å². The van der Waals surface area contributed by atoms with Gasteiger partial charge in [-0.2, -0.15) is 0 Å². The van der Waals surface area contributed by atoms with E-state index < -0.39 is 0 Å². The molecule has 1 fully saturated rings. The fraction of sp³-hybridized carbons (Fsp3) is 0.500. The van der Waals surface area contributed by atoms with Gasteiger partial charge in [-0.3, -0.25) is 4.90 Å². The van der Waals surface area contributed by atoms with Crippen molar-refractivity contribution in [2.45, 2.75) is 6.54 Å². The van der Waals surface area contributed by atoms with Crippen molar-refractivity contribution in [3.63, 3.8) is 0 Å². The minimum atomic E-state index is 0. The Labute approximate surface area is 131 Å². The predicted octanol–water partition coefficient (Wildman–Crippen LogP) is 2.96. The summed E-state index contributed by atoms with van der Waals surface area (Å²) in [4.78, 5) is 4.81. The van der Waals surface area contributed by atoms with E-state index in [1.54, 1.807) is 0 Å². The van der Waals surface area contributed by atoms with E-state index in [0.717, 1.165) is 47.4 Å². The van der Waals surface area contributed by atoms with E-state index in [2.05, 4.69) is 54.8 Å². The Hall–Kier alpha value is 0.190. The highest BCUT2D eigenvalue weighted by molar-refractivity contribution is 9.11. The quantitative estimate of drug-likeness (QED) is 0.776. The van der Waals surface area contributed by atoms with Gasteiger partial charge in [0.25, 0.3) is 0 Å². The van der Waals surface area contributed by atoms with Gasteiger partial charge in [0, 0.05) is 41.7 Å². The third-order valence-electron chi connectivity index (χ3n) is 3.17. The zero-order valence-corrected chi connectivity index (χ0v) is 14.3. The van der Waals surface area contributed by atoms with Gasteiger partial charge in [-0.05, 0) is 40.7 Å². The van der Waals surface area contributed by atoms with Crippen LogP contribution >= 0.6 is 44.3 Å². The Morgan fingerprint density at radius 2 is 1.78 bits per heavy atom. The summed E-state index contributed by atoms with van der Waals surface area (Å²) in [6, 6.07) is 4.10. The maximum Gasteiger partial charge on any atom is 0.0504 e. The summed E-state index contributed by atoms with van der Waals surface area (Å²) in [5, 5.41) is 0. The Kier molecular flexibility index (Phi) is 6.41. The number of nitrogens with two attached hydrogens (primary N) is 1. The number of halogens is 3. The van der Waals surface area contributed by atoms with Crippen molar-refractivity contribution in [3.05, 3.63) is 26.6 Å². The van der Waals surface area contributed by atoms with Crippen molar-refractivity contribution in [2.75, 3.05) is 39.0 Å². The normalized spacial score (nSPS) is 17.5. The standard InChI is InChI=1S/C12H17Br2N3.ClH/c1-16-2-4-17(5-3-16)8-9-6-10(13)7-11(14)12(9)15;/h6-7H,2-5,8,15H2,1H3;1H. The number of hydrogen-bond acceptors (Lipinski definition) is 3. The second-order valence-electron chi connectivity index (χ2n) is 4.54. The number of nitrogens with zero attached hydrogens (tertiary/aromatic N) is 2. The van der Waals surface area contributed by atoms with Crippen molar-refractivity contribution < 1.29 is 0 Å². The largest absolute Gasteiger partial charge is 0.398 e. The molecule has 1 aromatic carbocycles. The molecule has 18 heavy (non-hydrogen) atoms. The van der Waals surface area contributed by atoms with Crippen molar-refractivity contribution in [2.24, 2.45) is 0 Å². The molecule has 1 heterocycles. The van der Waals surface area contributed by atoms with E-state index in [1.807, 2.05) is 6.07 Å². The number of nitrogen functional groups attached to an aromatic ring is 1. The van der Waals surface area contributed by atoms with E-state index in [1.165, 1.54) is 5.56 Å². The van der Waals surface area contributed by atoms with Gasteiger partial charge < -0.3 is 10.6 Å². The summed E-state index contributed by atoms with van der Waals surface area (Å²) in [6.45, 7) is 5.42. The molecule has 0 aliphatic carbocycles. The van der Waals surface area contributed by atoms with Crippen LogP contribution in [0.4, 0.5) is 5.69 Å². The van der Waals surface area contributed by atoms with Gasteiger partial charge in [-0.25, -0.2) is 0 Å². The number of anilines is 1. The van der Waals surface area contributed by atoms with Gasteiger partial charge >= 0.3 is 0 Å². The molecule has 102 valence electrons. The topological polar surface area (TPSA) is 32.5 Å². The van der Waals surface area contributed by atoms with Crippen LogP contribution in [-0.2, 0) is 6.54 Å². The molecule has 0 amide bonds. The maximum absolute atomic E-state index is 6.09. The van der Waals surface area contributed by atoms with Crippen LogP contribution in [0.1, 0.15) is 5.56 Å². The maximum atomic E-state index is 6.09. The van der Waals surface area contributed by atoms with E-state index in [9.17, 15) is 0 Å². The molecule has 2 N–H and O–H groups in total. The van der Waals surface area contributed by atoms with E-state index in [0.29, 0.717) is 0 Å². The molecule has 1 aliphatic rings. The highest BCUT2D eigenvalue weighted by Gasteiger charge is 2.15. The molecule has 0 spiro atoms. The predicted molar refractivity (Wildman–Crippen MR) is 86.3 cm³/mol. The summed E-state index contributed by atoms with van der Waals surface area (Å²) in [5.74, 6) is 0. The van der Waals surface area contributed by atoms with Crippen molar-refractivity contribution in [1.82, 2.24) is 9.80 Å². The molecule has 0 atom stereocenters. The SMILES string of the molecule is CN1CCN(Cc2cc(Br)cc(Br)c2N)CC1.Cl. The molecule has 2 rings (SSSR count). The Balaban J connectivity index is 0.00000162. The second-order valence-corrected chi connectivity index (χ2v) is 6.31. The lowest BCUT2D eigenvalue weighted by Crippen LogP contribution is -2.43. The molecule has 0 aromatic heterocycles. The van der Waals surface area contributed by atoms with Crippen molar-refractivity contribution >= 4 is 50.0 Å². The van der Waals surface area contributed by atoms with Crippen LogP contribution in [0, 0.1) is 0 Å². The lowest BCUT2D eigenvalue weighted by atomic mass is 10.1. The van der Waals surface area contributed by atoms with Crippen LogP contribution in [0.3, 0.4) is 0 Å². The first-order valence-electron chi connectivity index (χ1n) is 5.70. The van der Waals surface area contributed by atoms with Crippen LogP contribution in [0.2, 0.25) is 0 Å². The molecule has 0 unspecified atom stereocenters. The molecule has 3 nitrogen and oxygen atoms in total. The summed E-state index contributed by atoms with van der Waals surface area (Å²) in [5.41, 5.74) is 8.14. The smallest absolute Gasteiger partial charge is 0.0504 e. The minimum absolute atomic E-state index is 0. The summed E-state index contributed by atoms with van der Waals surface area (Å²) >= 11 is 7.00. The summed E-state index contributed by atoms with van der Waals surface area (Å²) < 4.78 is 2.04. The third-order valence-corrected chi connectivity index (χ3v) is 4.28. The third kappa shape index (κ3) is 4.10. The highest BCUT2D eigenvalue weighted by atomic mass is 79.9. The Morgan fingerprint density at radius 1 is 1.17 bits per heavy atom. The minimum Gasteiger partial charge on any atom is -0.398 e. The van der Waals surface area contributed by atoms with Crippen LogP contribution < -0.4 is 5.73 Å². The average molecular weight is 400 g/mol. The average Bonchev–Trinajstić information content (AvgIpc) is 2.28. The fourth-order valence-corrected chi connectivity index (χ4v) is 3.33. The lowest BCUT2D eigenvalue weighted by molar-refractivity contribution is 0.148. The van der Waals surface area contributed by atoms with Gasteiger partial charge in [0.1, 0.15) is 0 Å². The molecule has 1 aliphatic heterocycles. The molecular weight excluding hydrogens is 381 g/mol.